The summed E-state index contributed by atoms with van der Waals surface area (Å²) in [6.45, 7) is 6.50. The van der Waals surface area contributed by atoms with Crippen LogP contribution in [0, 0.1) is 0 Å². The Bertz CT molecular complexity index is 420. The molecule has 0 aliphatic heterocycles. The molecule has 0 bridgehead atoms. The third-order valence-electron chi connectivity index (χ3n) is 1.72. The van der Waals surface area contributed by atoms with Crippen molar-refractivity contribution < 1.29 is 26.9 Å². The standard InChI is InChI=1S/C10H14O6S/c1-4-9(11)16-17(13,14)7-5-6-8(2)10(12)15-3/h4H,1-2,5-7H2,3H3. The van der Waals surface area contributed by atoms with E-state index in [1.165, 1.54) is 7.11 Å². The summed E-state index contributed by atoms with van der Waals surface area (Å²) >= 11 is 0. The molecular formula is C10H14O6S. The third-order valence-corrected chi connectivity index (χ3v) is 2.93. The minimum Gasteiger partial charge on any atom is -0.466 e. The van der Waals surface area contributed by atoms with Gasteiger partial charge in [-0.1, -0.05) is 13.2 Å². The van der Waals surface area contributed by atoms with Crippen LogP contribution in [-0.2, 0) is 28.6 Å². The summed E-state index contributed by atoms with van der Waals surface area (Å²) in [5.41, 5.74) is 0.165. The first-order valence-corrected chi connectivity index (χ1v) is 6.24. The molecule has 0 saturated heterocycles. The van der Waals surface area contributed by atoms with Gasteiger partial charge >= 0.3 is 22.1 Å². The number of rotatable bonds is 7. The second kappa shape index (κ2) is 6.85. The van der Waals surface area contributed by atoms with Crippen molar-refractivity contribution in [3.8, 4) is 0 Å². The van der Waals surface area contributed by atoms with Crippen molar-refractivity contribution in [2.24, 2.45) is 0 Å². The van der Waals surface area contributed by atoms with Crippen molar-refractivity contribution in [1.29, 1.82) is 0 Å². The van der Waals surface area contributed by atoms with E-state index in [9.17, 15) is 18.0 Å². The lowest BCUT2D eigenvalue weighted by molar-refractivity contribution is -0.136. The quantitative estimate of drug-likeness (QED) is 0.378. The van der Waals surface area contributed by atoms with Crippen LogP contribution < -0.4 is 0 Å². The van der Waals surface area contributed by atoms with Gasteiger partial charge in [-0.2, -0.15) is 8.42 Å². The average molecular weight is 262 g/mol. The van der Waals surface area contributed by atoms with E-state index in [1.807, 2.05) is 0 Å². The number of ether oxygens (including phenoxy) is 1. The number of esters is 1. The zero-order chi connectivity index (χ0) is 13.5. The van der Waals surface area contributed by atoms with E-state index in [-0.39, 0.29) is 24.2 Å². The summed E-state index contributed by atoms with van der Waals surface area (Å²) in [4.78, 5) is 21.6. The lowest BCUT2D eigenvalue weighted by atomic mass is 10.2. The van der Waals surface area contributed by atoms with E-state index in [4.69, 9.17) is 0 Å². The fourth-order valence-corrected chi connectivity index (χ4v) is 1.81. The van der Waals surface area contributed by atoms with Crippen molar-refractivity contribution >= 4 is 22.1 Å². The van der Waals surface area contributed by atoms with E-state index >= 15 is 0 Å². The largest absolute Gasteiger partial charge is 0.466 e. The average Bonchev–Trinajstić information content (AvgIpc) is 2.26. The van der Waals surface area contributed by atoms with Gasteiger partial charge in [0.25, 0.3) is 0 Å². The second-order valence-electron chi connectivity index (χ2n) is 3.07. The molecule has 0 aromatic carbocycles. The minimum atomic E-state index is -3.94. The summed E-state index contributed by atoms with van der Waals surface area (Å²) in [6.07, 6.45) is 1.02. The molecule has 0 unspecified atom stereocenters. The predicted molar refractivity (Wildman–Crippen MR) is 60.5 cm³/mol. The van der Waals surface area contributed by atoms with Crippen molar-refractivity contribution in [3.63, 3.8) is 0 Å². The predicted octanol–water partition coefficient (Wildman–Crippen LogP) is 0.555. The van der Waals surface area contributed by atoms with Crippen LogP contribution in [0.2, 0.25) is 0 Å². The van der Waals surface area contributed by atoms with E-state index in [2.05, 4.69) is 22.1 Å². The van der Waals surface area contributed by atoms with Crippen molar-refractivity contribution in [2.45, 2.75) is 12.8 Å². The first kappa shape index (κ1) is 15.4. The van der Waals surface area contributed by atoms with Gasteiger partial charge in [-0.3, -0.25) is 0 Å². The number of methoxy groups -OCH3 is 1. The summed E-state index contributed by atoms with van der Waals surface area (Å²) in [7, 11) is -2.73. The first-order chi connectivity index (χ1) is 7.82. The molecule has 0 saturated carbocycles. The van der Waals surface area contributed by atoms with Crippen molar-refractivity contribution in [2.75, 3.05) is 12.9 Å². The van der Waals surface area contributed by atoms with Gasteiger partial charge in [0.2, 0.25) is 0 Å². The molecule has 96 valence electrons. The van der Waals surface area contributed by atoms with Gasteiger partial charge in [-0.15, -0.1) is 0 Å². The van der Waals surface area contributed by atoms with Crippen LogP contribution in [0.25, 0.3) is 0 Å². The molecule has 0 spiro atoms. The third kappa shape index (κ3) is 6.52. The van der Waals surface area contributed by atoms with Gasteiger partial charge in [0.1, 0.15) is 0 Å². The Morgan fingerprint density at radius 3 is 2.41 bits per heavy atom. The SMILES string of the molecule is C=CC(=O)OS(=O)(=O)CCCC(=C)C(=O)OC. The maximum absolute atomic E-state index is 11.2. The molecule has 0 aliphatic carbocycles. The highest BCUT2D eigenvalue weighted by molar-refractivity contribution is 7.87. The number of carbonyl (C=O) groups excluding carboxylic acids is 2. The Labute approximate surface area is 100 Å². The highest BCUT2D eigenvalue weighted by Crippen LogP contribution is 2.07. The van der Waals surface area contributed by atoms with Crippen LogP contribution in [0.1, 0.15) is 12.8 Å². The molecule has 0 atom stereocenters. The summed E-state index contributed by atoms with van der Waals surface area (Å²) in [5.74, 6) is -2.01. The Kier molecular flexibility index (Phi) is 6.19. The van der Waals surface area contributed by atoms with Gasteiger partial charge in [0.05, 0.1) is 12.9 Å². The van der Waals surface area contributed by atoms with Gasteiger partial charge in [-0.25, -0.2) is 9.59 Å². The summed E-state index contributed by atoms with van der Waals surface area (Å²) in [5, 5.41) is 0. The van der Waals surface area contributed by atoms with E-state index < -0.39 is 22.1 Å². The van der Waals surface area contributed by atoms with Gasteiger partial charge in [0.15, 0.2) is 0 Å². The van der Waals surface area contributed by atoms with Gasteiger partial charge in [0, 0.05) is 11.6 Å². The molecule has 0 fully saturated rings. The number of hydrogen-bond donors (Lipinski definition) is 0. The first-order valence-electron chi connectivity index (χ1n) is 4.67. The second-order valence-corrected chi connectivity index (χ2v) is 4.76. The van der Waals surface area contributed by atoms with Crippen LogP contribution in [0.4, 0.5) is 0 Å². The Morgan fingerprint density at radius 2 is 1.94 bits per heavy atom. The van der Waals surface area contributed by atoms with Crippen molar-refractivity contribution in [3.05, 3.63) is 24.8 Å². The van der Waals surface area contributed by atoms with Gasteiger partial charge < -0.3 is 8.92 Å². The molecule has 0 heterocycles. The Morgan fingerprint density at radius 1 is 1.35 bits per heavy atom. The lowest BCUT2D eigenvalue weighted by Gasteiger charge is -2.04. The zero-order valence-corrected chi connectivity index (χ0v) is 10.3. The molecule has 17 heavy (non-hydrogen) atoms. The molecule has 0 aliphatic rings. The van der Waals surface area contributed by atoms with E-state index in [1.54, 1.807) is 0 Å². The van der Waals surface area contributed by atoms with Gasteiger partial charge in [-0.05, 0) is 12.8 Å². The minimum absolute atomic E-state index is 0.112. The molecule has 7 heteroatoms. The molecule has 0 N–H and O–H groups in total. The molecule has 0 aromatic rings. The number of hydrogen-bond acceptors (Lipinski definition) is 6. The van der Waals surface area contributed by atoms with Crippen LogP contribution in [0.5, 0.6) is 0 Å². The maximum atomic E-state index is 11.2. The molecular weight excluding hydrogens is 248 g/mol. The molecule has 0 rings (SSSR count). The fraction of sp³-hybridized carbons (Fsp3) is 0.400. The Balaban J connectivity index is 4.12. The van der Waals surface area contributed by atoms with Crippen LogP contribution >= 0.6 is 0 Å². The lowest BCUT2D eigenvalue weighted by Crippen LogP contribution is -2.15. The van der Waals surface area contributed by atoms with Crippen LogP contribution in [0.15, 0.2) is 24.8 Å². The smallest absolute Gasteiger partial charge is 0.345 e. The highest BCUT2D eigenvalue weighted by Gasteiger charge is 2.16. The summed E-state index contributed by atoms with van der Waals surface area (Å²) < 4.78 is 30.9. The molecule has 6 nitrogen and oxygen atoms in total. The highest BCUT2D eigenvalue weighted by atomic mass is 32.2. The Hall–Kier alpha value is -1.63. The molecule has 0 amide bonds. The van der Waals surface area contributed by atoms with E-state index in [0.717, 1.165) is 6.08 Å². The molecule has 0 aromatic heterocycles. The maximum Gasteiger partial charge on any atom is 0.345 e. The normalized spacial score (nSPS) is 10.4. The topological polar surface area (TPSA) is 86.7 Å². The zero-order valence-electron chi connectivity index (χ0n) is 9.47. The summed E-state index contributed by atoms with van der Waals surface area (Å²) in [6, 6.07) is 0. The van der Waals surface area contributed by atoms with Crippen molar-refractivity contribution in [1.82, 2.24) is 0 Å². The monoisotopic (exact) mass is 262 g/mol. The number of carbonyl (C=O) groups is 2. The van der Waals surface area contributed by atoms with Crippen LogP contribution in [-0.4, -0.2) is 33.2 Å². The van der Waals surface area contributed by atoms with Crippen LogP contribution in [0.3, 0.4) is 0 Å². The fourth-order valence-electron chi connectivity index (χ4n) is 0.910. The molecule has 0 radical (unpaired) electrons. The van der Waals surface area contributed by atoms with E-state index in [0.29, 0.717) is 0 Å².